The fraction of sp³-hybridized carbons (Fsp3) is 0.125. The minimum Gasteiger partial charge on any atom is -0.258 e. The van der Waals surface area contributed by atoms with Crippen molar-refractivity contribution in [2.24, 2.45) is 0 Å². The van der Waals surface area contributed by atoms with Crippen LogP contribution in [-0.2, 0) is 0 Å². The van der Waals surface area contributed by atoms with Crippen LogP contribution in [0.15, 0.2) is 16.6 Å². The number of benzene rings is 1. The average molecular weight is 241 g/mol. The summed E-state index contributed by atoms with van der Waals surface area (Å²) in [5.41, 5.74) is 1.02. The summed E-state index contributed by atoms with van der Waals surface area (Å²) in [6.45, 7) is 1.66. The van der Waals surface area contributed by atoms with E-state index >= 15 is 0 Å². The first-order chi connectivity index (χ1) is 6.07. The molecule has 1 aromatic rings. The Balaban J connectivity index is 3.42. The second-order valence-electron chi connectivity index (χ2n) is 2.44. The normalized spacial score (nSPS) is 9.31. The molecule has 1 rings (SSSR count). The Morgan fingerprint density at radius 2 is 2.23 bits per heavy atom. The van der Waals surface area contributed by atoms with Crippen molar-refractivity contribution in [1.29, 1.82) is 5.26 Å². The lowest BCUT2D eigenvalue weighted by atomic mass is 10.1. The molecule has 0 saturated heterocycles. The third kappa shape index (κ3) is 1.68. The maximum absolute atomic E-state index is 10.5. The summed E-state index contributed by atoms with van der Waals surface area (Å²) >= 11 is 3.08. The SMILES string of the molecule is Cc1c(C#N)ccc([N+](=O)[O-])c1Br. The monoisotopic (exact) mass is 240 g/mol. The van der Waals surface area contributed by atoms with E-state index in [1.54, 1.807) is 6.92 Å². The molecule has 66 valence electrons. The molecule has 0 amide bonds. The maximum atomic E-state index is 10.5. The molecule has 13 heavy (non-hydrogen) atoms. The van der Waals surface area contributed by atoms with Crippen LogP contribution in [-0.4, -0.2) is 4.92 Å². The van der Waals surface area contributed by atoms with Crippen LogP contribution in [0.5, 0.6) is 0 Å². The first-order valence-corrected chi connectivity index (χ1v) is 4.21. The highest BCUT2D eigenvalue weighted by atomic mass is 79.9. The van der Waals surface area contributed by atoms with Crippen LogP contribution < -0.4 is 0 Å². The molecule has 0 aromatic heterocycles. The zero-order chi connectivity index (χ0) is 10.0. The van der Waals surface area contributed by atoms with E-state index in [2.05, 4.69) is 15.9 Å². The van der Waals surface area contributed by atoms with Crippen LogP contribution in [0.3, 0.4) is 0 Å². The predicted molar refractivity (Wildman–Crippen MR) is 50.2 cm³/mol. The van der Waals surface area contributed by atoms with Crippen LogP contribution in [0.1, 0.15) is 11.1 Å². The molecule has 0 aliphatic rings. The zero-order valence-corrected chi connectivity index (χ0v) is 8.33. The van der Waals surface area contributed by atoms with Crippen molar-refractivity contribution in [1.82, 2.24) is 0 Å². The van der Waals surface area contributed by atoms with Gasteiger partial charge in [-0.1, -0.05) is 0 Å². The number of nitro groups is 1. The van der Waals surface area contributed by atoms with Crippen molar-refractivity contribution in [3.63, 3.8) is 0 Å². The van der Waals surface area contributed by atoms with E-state index < -0.39 is 4.92 Å². The van der Waals surface area contributed by atoms with Gasteiger partial charge >= 0.3 is 0 Å². The lowest BCUT2D eigenvalue weighted by Crippen LogP contribution is -1.93. The summed E-state index contributed by atoms with van der Waals surface area (Å²) in [5.74, 6) is 0. The molecule has 5 heteroatoms. The number of nitro benzene ring substituents is 1. The molecule has 0 N–H and O–H groups in total. The molecule has 0 aliphatic heterocycles. The Morgan fingerprint density at radius 1 is 1.62 bits per heavy atom. The standard InChI is InChI=1S/C8H5BrN2O2/c1-5-6(4-10)2-3-7(8(5)9)11(12)13/h2-3H,1H3. The Hall–Kier alpha value is -1.41. The molecule has 0 saturated carbocycles. The first-order valence-electron chi connectivity index (χ1n) is 3.41. The third-order valence-corrected chi connectivity index (χ3v) is 2.68. The van der Waals surface area contributed by atoms with Crippen molar-refractivity contribution in [2.75, 3.05) is 0 Å². The zero-order valence-electron chi connectivity index (χ0n) is 6.74. The Bertz CT molecular complexity index is 409. The number of rotatable bonds is 1. The lowest BCUT2D eigenvalue weighted by molar-refractivity contribution is -0.385. The van der Waals surface area contributed by atoms with Crippen molar-refractivity contribution in [3.05, 3.63) is 37.8 Å². The van der Waals surface area contributed by atoms with Crippen LogP contribution in [0.25, 0.3) is 0 Å². The van der Waals surface area contributed by atoms with Crippen molar-refractivity contribution >= 4 is 21.6 Å². The molecule has 1 aromatic carbocycles. The maximum Gasteiger partial charge on any atom is 0.283 e. The molecular weight excluding hydrogens is 236 g/mol. The number of hydrogen-bond acceptors (Lipinski definition) is 3. The van der Waals surface area contributed by atoms with E-state index in [1.807, 2.05) is 6.07 Å². The van der Waals surface area contributed by atoms with E-state index in [0.29, 0.717) is 15.6 Å². The topological polar surface area (TPSA) is 66.9 Å². The number of nitriles is 1. The minimum absolute atomic E-state index is 0.0171. The Labute approximate surface area is 83.1 Å². The summed E-state index contributed by atoms with van der Waals surface area (Å²) in [6, 6.07) is 4.71. The van der Waals surface area contributed by atoms with Crippen LogP contribution >= 0.6 is 15.9 Å². The van der Waals surface area contributed by atoms with Gasteiger partial charge in [-0.25, -0.2) is 0 Å². The number of hydrogen-bond donors (Lipinski definition) is 0. The molecule has 0 bridgehead atoms. The summed E-state index contributed by atoms with van der Waals surface area (Å²) in [5, 5.41) is 19.1. The van der Waals surface area contributed by atoms with Gasteiger partial charge in [0.25, 0.3) is 5.69 Å². The molecule has 0 heterocycles. The van der Waals surface area contributed by atoms with Crippen LogP contribution in [0, 0.1) is 28.4 Å². The quantitative estimate of drug-likeness (QED) is 0.560. The van der Waals surface area contributed by atoms with Gasteiger partial charge < -0.3 is 0 Å². The van der Waals surface area contributed by atoms with Gasteiger partial charge in [-0.2, -0.15) is 5.26 Å². The van der Waals surface area contributed by atoms with Gasteiger partial charge in [0.1, 0.15) is 0 Å². The van der Waals surface area contributed by atoms with Gasteiger partial charge in [-0.05, 0) is 34.5 Å². The van der Waals surface area contributed by atoms with Gasteiger partial charge in [-0.3, -0.25) is 10.1 Å². The molecule has 0 fully saturated rings. The molecule has 0 unspecified atom stereocenters. The van der Waals surface area contributed by atoms with E-state index in [9.17, 15) is 10.1 Å². The van der Waals surface area contributed by atoms with Gasteiger partial charge in [0, 0.05) is 6.07 Å². The van der Waals surface area contributed by atoms with Crippen LogP contribution in [0.4, 0.5) is 5.69 Å². The molecule has 0 spiro atoms. The lowest BCUT2D eigenvalue weighted by Gasteiger charge is -2.00. The molecule has 4 nitrogen and oxygen atoms in total. The van der Waals surface area contributed by atoms with Crippen LogP contribution in [0.2, 0.25) is 0 Å². The third-order valence-electron chi connectivity index (χ3n) is 1.68. The number of nitrogens with zero attached hydrogens (tertiary/aromatic N) is 2. The van der Waals surface area contributed by atoms with Gasteiger partial charge in [0.05, 0.1) is 21.0 Å². The second-order valence-corrected chi connectivity index (χ2v) is 3.23. The fourth-order valence-electron chi connectivity index (χ4n) is 0.933. The largest absolute Gasteiger partial charge is 0.283 e. The Kier molecular flexibility index (Phi) is 2.63. The predicted octanol–water partition coefficient (Wildman–Crippen LogP) is 2.54. The summed E-state index contributed by atoms with van der Waals surface area (Å²) < 4.78 is 0.372. The average Bonchev–Trinajstić information content (AvgIpc) is 2.09. The molecule has 0 radical (unpaired) electrons. The van der Waals surface area contributed by atoms with E-state index in [0.717, 1.165) is 0 Å². The summed E-state index contributed by atoms with van der Waals surface area (Å²) in [7, 11) is 0. The fourth-order valence-corrected chi connectivity index (χ4v) is 1.42. The minimum atomic E-state index is -0.488. The highest BCUT2D eigenvalue weighted by Crippen LogP contribution is 2.29. The summed E-state index contributed by atoms with van der Waals surface area (Å²) in [4.78, 5) is 9.98. The van der Waals surface area contributed by atoms with Crippen molar-refractivity contribution < 1.29 is 4.92 Å². The van der Waals surface area contributed by atoms with Gasteiger partial charge in [0.2, 0.25) is 0 Å². The Morgan fingerprint density at radius 3 is 2.69 bits per heavy atom. The van der Waals surface area contributed by atoms with E-state index in [4.69, 9.17) is 5.26 Å². The van der Waals surface area contributed by atoms with Crippen molar-refractivity contribution in [3.8, 4) is 6.07 Å². The van der Waals surface area contributed by atoms with E-state index in [1.165, 1.54) is 12.1 Å². The summed E-state index contributed by atoms with van der Waals surface area (Å²) in [6.07, 6.45) is 0. The second kappa shape index (κ2) is 3.54. The smallest absolute Gasteiger partial charge is 0.258 e. The number of halogens is 1. The van der Waals surface area contributed by atoms with Gasteiger partial charge in [0.15, 0.2) is 0 Å². The van der Waals surface area contributed by atoms with Crippen molar-refractivity contribution in [2.45, 2.75) is 6.92 Å². The first kappa shape index (κ1) is 9.68. The highest BCUT2D eigenvalue weighted by Gasteiger charge is 2.15. The van der Waals surface area contributed by atoms with Gasteiger partial charge in [-0.15, -0.1) is 0 Å². The molecule has 0 atom stereocenters. The van der Waals surface area contributed by atoms with E-state index in [-0.39, 0.29) is 5.69 Å². The molecule has 0 aliphatic carbocycles. The molecular formula is C8H5BrN2O2. The highest BCUT2D eigenvalue weighted by molar-refractivity contribution is 9.10.